The number of fused-ring (bicyclic) bond motifs is 2. The van der Waals surface area contributed by atoms with Crippen molar-refractivity contribution in [3.63, 3.8) is 0 Å². The minimum Gasteiger partial charge on any atom is -0.394 e. The Morgan fingerprint density at radius 3 is 2.60 bits per heavy atom. The normalized spacial score (nSPS) is 32.2. The van der Waals surface area contributed by atoms with Crippen molar-refractivity contribution in [2.75, 3.05) is 18.9 Å². The van der Waals surface area contributed by atoms with Crippen LogP contribution in [0.2, 0.25) is 0 Å². The van der Waals surface area contributed by atoms with Gasteiger partial charge in [0.15, 0.2) is 42.1 Å². The van der Waals surface area contributed by atoms with Gasteiger partial charge in [0.25, 0.3) is 5.56 Å². The van der Waals surface area contributed by atoms with Gasteiger partial charge in [-0.05, 0) is 17.9 Å². The third-order valence-electron chi connectivity index (χ3n) is 7.00. The highest BCUT2D eigenvalue weighted by atomic mass is 32.5. The molecule has 6 heterocycles. The van der Waals surface area contributed by atoms with Crippen molar-refractivity contribution >= 4 is 46.3 Å². The highest BCUT2D eigenvalue weighted by Crippen LogP contribution is 2.58. The number of pyridine rings is 1. The van der Waals surface area contributed by atoms with E-state index in [2.05, 4.69) is 24.9 Å². The average molecular weight is 601 g/mol. The lowest BCUT2D eigenvalue weighted by atomic mass is 10.1. The fourth-order valence-electron chi connectivity index (χ4n) is 4.99. The molecule has 4 aromatic heterocycles. The Kier molecular flexibility index (Phi) is 6.90. The van der Waals surface area contributed by atoms with E-state index in [-0.39, 0.29) is 28.0 Å². The smallest absolute Gasteiger partial charge is 0.276 e. The molecule has 0 saturated carbocycles. The fraction of sp³-hybridized carbons (Fsp3) is 0.476. The second kappa shape index (κ2) is 10.1. The average Bonchev–Trinajstić information content (AvgIpc) is 3.68. The molecule has 4 aromatic rings. The number of nitrogens with zero attached hydrogens (tertiary/aromatic N) is 6. The summed E-state index contributed by atoms with van der Waals surface area (Å²) in [5.74, 6) is 0.0733. The molecule has 2 fully saturated rings. The van der Waals surface area contributed by atoms with E-state index in [9.17, 15) is 19.9 Å². The number of hydrogen-bond donors (Lipinski definition) is 5. The molecule has 6 rings (SSSR count). The number of nitrogen functional groups attached to an aromatic ring is 1. The summed E-state index contributed by atoms with van der Waals surface area (Å²) in [4.78, 5) is 41.8. The molecule has 6 N–H and O–H groups in total. The summed E-state index contributed by atoms with van der Waals surface area (Å²) in [5.41, 5.74) is 4.48. The number of ether oxygens (including phenoxy) is 2. The minimum atomic E-state index is -4.14. The van der Waals surface area contributed by atoms with E-state index >= 15 is 8.78 Å². The number of anilines is 1. The third-order valence-corrected chi connectivity index (χ3v) is 9.86. The van der Waals surface area contributed by atoms with Gasteiger partial charge in [0, 0.05) is 6.20 Å². The van der Waals surface area contributed by atoms with Crippen LogP contribution < -0.4 is 11.3 Å². The van der Waals surface area contributed by atoms with Crippen molar-refractivity contribution in [3.05, 3.63) is 41.6 Å². The second-order valence-electron chi connectivity index (χ2n) is 9.32. The van der Waals surface area contributed by atoms with Gasteiger partial charge >= 0.3 is 0 Å². The van der Waals surface area contributed by atoms with Crippen molar-refractivity contribution in [1.82, 2.24) is 34.1 Å². The van der Waals surface area contributed by atoms with Crippen LogP contribution in [-0.4, -0.2) is 98.7 Å². The van der Waals surface area contributed by atoms with E-state index in [1.165, 1.54) is 40.4 Å². The van der Waals surface area contributed by atoms with Crippen LogP contribution in [-0.2, 0) is 25.8 Å². The lowest BCUT2D eigenvalue weighted by molar-refractivity contribution is -0.0425. The van der Waals surface area contributed by atoms with Crippen molar-refractivity contribution in [2.45, 2.75) is 48.8 Å². The summed E-state index contributed by atoms with van der Waals surface area (Å²) in [7, 11) is 0. The Morgan fingerprint density at radius 1 is 1.10 bits per heavy atom. The summed E-state index contributed by atoms with van der Waals surface area (Å²) in [6.45, 7) is -5.46. The van der Waals surface area contributed by atoms with E-state index in [0.29, 0.717) is 0 Å². The van der Waals surface area contributed by atoms with E-state index in [1.54, 1.807) is 0 Å². The van der Waals surface area contributed by atoms with Gasteiger partial charge < -0.3 is 44.4 Å². The van der Waals surface area contributed by atoms with E-state index in [0.717, 1.165) is 0 Å². The number of H-pyrrole nitrogens is 1. The number of nitrogens with one attached hydrogen (secondary N) is 1. The van der Waals surface area contributed by atoms with Crippen LogP contribution >= 0.6 is 6.49 Å². The molecule has 0 radical (unpaired) electrons. The second-order valence-corrected chi connectivity index (χ2v) is 12.9. The molecule has 2 aliphatic rings. The maximum absolute atomic E-state index is 15.5. The van der Waals surface area contributed by atoms with Gasteiger partial charge in [-0.1, -0.05) is 0 Å². The van der Waals surface area contributed by atoms with Gasteiger partial charge in [-0.2, -0.15) is 0 Å². The summed E-state index contributed by atoms with van der Waals surface area (Å²) >= 11 is 5.33. The summed E-state index contributed by atoms with van der Waals surface area (Å²) in [6.07, 6.45) is -5.97. The molecule has 0 spiro atoms. The molecule has 2 aliphatic heterocycles. The zero-order valence-electron chi connectivity index (χ0n) is 20.3. The quantitative estimate of drug-likeness (QED) is 0.172. The number of aromatic amines is 1. The first-order valence-electron chi connectivity index (χ1n) is 11.9. The third kappa shape index (κ3) is 4.31. The molecule has 15 nitrogen and oxygen atoms in total. The van der Waals surface area contributed by atoms with Crippen LogP contribution in [0.5, 0.6) is 0 Å². The minimum absolute atomic E-state index is 0.0430. The Labute approximate surface area is 227 Å². The molecule has 2 saturated heterocycles. The first-order valence-corrected chi connectivity index (χ1v) is 14.7. The molecular formula is C21H23F2N8O7PS. The Hall–Kier alpha value is -2.96. The van der Waals surface area contributed by atoms with Gasteiger partial charge in [-0.25, -0.2) is 28.7 Å². The predicted molar refractivity (Wildman–Crippen MR) is 137 cm³/mol. The standard InChI is InChI=1S/C21H23F2N8O7PS/c22-11-9(3-32)37-21(30-6-28-13-8(30)1-2-25-19(13)34)16(11)39(35,40)36-4-10-15(33)12(23)20(38-10)31-7-29-14-17(24)26-5-27-18(14)31/h1-2,5-7,9-12,15-16,20-21,32-33H,3-4H2,(H,25,34)(H,35,40)(H2,24,26,27)/t9-,10-,11+,12+,15-,16-,20-,21-,39?/m1/s1. The van der Waals surface area contributed by atoms with Crippen molar-refractivity contribution in [1.29, 1.82) is 0 Å². The molecule has 214 valence electrons. The van der Waals surface area contributed by atoms with Gasteiger partial charge in [0.05, 0.1) is 31.4 Å². The van der Waals surface area contributed by atoms with E-state index in [4.69, 9.17) is 31.5 Å². The topological polar surface area (TPSA) is 209 Å². The van der Waals surface area contributed by atoms with Crippen LogP contribution in [0.3, 0.4) is 0 Å². The van der Waals surface area contributed by atoms with Gasteiger partial charge in [-0.3, -0.25) is 9.36 Å². The molecule has 0 bridgehead atoms. The maximum Gasteiger partial charge on any atom is 0.276 e. The molecule has 9 atom stereocenters. The van der Waals surface area contributed by atoms with Gasteiger partial charge in [0.1, 0.15) is 42.0 Å². The molecule has 0 aromatic carbocycles. The number of hydrogen-bond acceptors (Lipinski definition) is 12. The van der Waals surface area contributed by atoms with Crippen LogP contribution in [0.25, 0.3) is 22.2 Å². The monoisotopic (exact) mass is 600 g/mol. The predicted octanol–water partition coefficient (Wildman–Crippen LogP) is -0.342. The van der Waals surface area contributed by atoms with Gasteiger partial charge in [-0.15, -0.1) is 0 Å². The van der Waals surface area contributed by atoms with Crippen molar-refractivity contribution in [3.8, 4) is 0 Å². The number of aromatic nitrogens is 7. The largest absolute Gasteiger partial charge is 0.394 e. The zero-order valence-corrected chi connectivity index (χ0v) is 22.0. The summed E-state index contributed by atoms with van der Waals surface area (Å²) in [5, 5.41) is 20.2. The fourth-order valence-corrected chi connectivity index (χ4v) is 7.46. The molecule has 0 aliphatic carbocycles. The highest BCUT2D eigenvalue weighted by Gasteiger charge is 2.54. The number of alkyl halides is 2. The molecule has 0 amide bonds. The Morgan fingerprint density at radius 2 is 1.82 bits per heavy atom. The van der Waals surface area contributed by atoms with Crippen molar-refractivity contribution in [2.24, 2.45) is 0 Å². The van der Waals surface area contributed by atoms with Crippen LogP contribution in [0.4, 0.5) is 14.6 Å². The summed E-state index contributed by atoms with van der Waals surface area (Å²) in [6, 6.07) is 1.51. The van der Waals surface area contributed by atoms with Crippen LogP contribution in [0.1, 0.15) is 12.5 Å². The zero-order chi connectivity index (χ0) is 28.3. The molecule has 19 heteroatoms. The van der Waals surface area contributed by atoms with Crippen LogP contribution in [0, 0.1) is 0 Å². The van der Waals surface area contributed by atoms with Crippen molar-refractivity contribution < 1.29 is 37.9 Å². The maximum atomic E-state index is 15.5. The van der Waals surface area contributed by atoms with Crippen LogP contribution in [0.15, 0.2) is 36.0 Å². The van der Waals surface area contributed by atoms with E-state index in [1.807, 2.05) is 0 Å². The molecular weight excluding hydrogens is 577 g/mol. The molecule has 40 heavy (non-hydrogen) atoms. The number of nitrogens with two attached hydrogens (primary N) is 1. The number of imidazole rings is 2. The van der Waals surface area contributed by atoms with E-state index < -0.39 is 74.0 Å². The first kappa shape index (κ1) is 27.2. The number of rotatable bonds is 7. The number of aliphatic hydroxyl groups excluding tert-OH is 2. The van der Waals surface area contributed by atoms with Gasteiger partial charge in [0.2, 0.25) is 0 Å². The number of aliphatic hydroxyl groups is 2. The highest BCUT2D eigenvalue weighted by molar-refractivity contribution is 8.09. The summed E-state index contributed by atoms with van der Waals surface area (Å²) < 4.78 is 50.2. The Balaban J connectivity index is 1.24. The SMILES string of the molecule is Nc1ncnc2c1ncn2[C@@H]1O[C@H](COP(O)(=S)[C@@H]2[C@@H](F)[C@@H](CO)O[C@H]2n2cnc3c(=O)[nH]ccc32)[C@@H](O)[C@@H]1F. The Bertz CT molecular complexity index is 1670. The first-order chi connectivity index (χ1) is 19.1. The molecule has 1 unspecified atom stereocenters. The lowest BCUT2D eigenvalue weighted by Crippen LogP contribution is -2.34. The number of halogens is 2. The lowest BCUT2D eigenvalue weighted by Gasteiger charge is -2.29.